The fourth-order valence-electron chi connectivity index (χ4n) is 1.38. The molecular formula is C15H17NO3. The highest BCUT2D eigenvalue weighted by Crippen LogP contribution is 2.11. The van der Waals surface area contributed by atoms with Gasteiger partial charge in [-0.3, -0.25) is 4.79 Å². The summed E-state index contributed by atoms with van der Waals surface area (Å²) in [5, 5.41) is 2.70. The zero-order chi connectivity index (χ0) is 14.3. The van der Waals surface area contributed by atoms with E-state index in [2.05, 4.69) is 11.2 Å². The van der Waals surface area contributed by atoms with E-state index in [4.69, 9.17) is 11.2 Å². The summed E-state index contributed by atoms with van der Waals surface area (Å²) in [4.78, 5) is 23.0. The van der Waals surface area contributed by atoms with Crippen LogP contribution in [-0.4, -0.2) is 18.0 Å². The Bertz CT molecular complexity index is 483. The van der Waals surface area contributed by atoms with E-state index >= 15 is 0 Å². The summed E-state index contributed by atoms with van der Waals surface area (Å²) < 4.78 is 5.06. The van der Waals surface area contributed by atoms with Gasteiger partial charge in [-0.05, 0) is 38.1 Å². The fraction of sp³-hybridized carbons (Fsp3) is 0.333. The van der Waals surface area contributed by atoms with Gasteiger partial charge in [0.25, 0.3) is 0 Å². The van der Waals surface area contributed by atoms with Crippen LogP contribution >= 0.6 is 0 Å². The van der Waals surface area contributed by atoms with Crippen LogP contribution in [0, 0.1) is 12.3 Å². The number of ether oxygens (including phenoxy) is 1. The number of anilines is 1. The van der Waals surface area contributed by atoms with Crippen molar-refractivity contribution < 1.29 is 14.3 Å². The van der Waals surface area contributed by atoms with E-state index in [1.165, 1.54) is 0 Å². The molecule has 1 aromatic carbocycles. The lowest BCUT2D eigenvalue weighted by Crippen LogP contribution is -2.13. The summed E-state index contributed by atoms with van der Waals surface area (Å²) >= 11 is 0. The number of esters is 1. The number of amides is 1. The van der Waals surface area contributed by atoms with Crippen LogP contribution in [0.1, 0.15) is 37.0 Å². The molecule has 100 valence electrons. The molecule has 4 heteroatoms. The van der Waals surface area contributed by atoms with Crippen LogP contribution in [0.2, 0.25) is 0 Å². The van der Waals surface area contributed by atoms with E-state index in [0.29, 0.717) is 17.7 Å². The third kappa shape index (κ3) is 5.26. The van der Waals surface area contributed by atoms with Gasteiger partial charge in [-0.25, -0.2) is 4.79 Å². The third-order valence-corrected chi connectivity index (χ3v) is 2.24. The average Bonchev–Trinajstić information content (AvgIpc) is 2.36. The van der Waals surface area contributed by atoms with E-state index in [-0.39, 0.29) is 24.4 Å². The third-order valence-electron chi connectivity index (χ3n) is 2.24. The standard InChI is InChI=1S/C15H17NO3/c1-4-5-6-14(17)16-13-9-7-12(8-10-13)15(18)19-11(2)3/h1,7-11H,5-6H2,2-3H3,(H,16,17). The Balaban J connectivity index is 2.59. The predicted molar refractivity (Wildman–Crippen MR) is 73.7 cm³/mol. The molecule has 0 atom stereocenters. The quantitative estimate of drug-likeness (QED) is 0.653. The minimum absolute atomic E-state index is 0.143. The van der Waals surface area contributed by atoms with Gasteiger partial charge in [-0.15, -0.1) is 12.3 Å². The van der Waals surface area contributed by atoms with Crippen LogP contribution in [0.3, 0.4) is 0 Å². The molecule has 0 aliphatic carbocycles. The Kier molecular flexibility index (Phi) is 5.62. The number of rotatable bonds is 5. The summed E-state index contributed by atoms with van der Waals surface area (Å²) in [7, 11) is 0. The zero-order valence-electron chi connectivity index (χ0n) is 11.1. The average molecular weight is 259 g/mol. The van der Waals surface area contributed by atoms with Gasteiger partial charge in [0.05, 0.1) is 11.7 Å². The maximum Gasteiger partial charge on any atom is 0.338 e. The molecule has 0 aliphatic rings. The first-order valence-corrected chi connectivity index (χ1v) is 6.07. The molecule has 0 heterocycles. The van der Waals surface area contributed by atoms with Crippen LogP contribution < -0.4 is 5.32 Å². The normalized spacial score (nSPS) is 9.79. The molecule has 1 amide bonds. The molecule has 0 bridgehead atoms. The first-order chi connectivity index (χ1) is 9.02. The van der Waals surface area contributed by atoms with Crippen LogP contribution in [0.4, 0.5) is 5.69 Å². The Labute approximate surface area is 113 Å². The summed E-state index contributed by atoms with van der Waals surface area (Å²) in [6, 6.07) is 6.54. The van der Waals surface area contributed by atoms with Gasteiger partial charge in [0.15, 0.2) is 0 Å². The number of benzene rings is 1. The minimum atomic E-state index is -0.375. The van der Waals surface area contributed by atoms with Crippen molar-refractivity contribution in [3.05, 3.63) is 29.8 Å². The number of carbonyl (C=O) groups excluding carboxylic acids is 2. The van der Waals surface area contributed by atoms with Crippen molar-refractivity contribution in [3.8, 4) is 12.3 Å². The van der Waals surface area contributed by atoms with Crippen LogP contribution in [-0.2, 0) is 9.53 Å². The highest BCUT2D eigenvalue weighted by molar-refractivity contribution is 5.93. The summed E-state index contributed by atoms with van der Waals surface area (Å²) in [5.74, 6) is 1.89. The first kappa shape index (κ1) is 14.8. The lowest BCUT2D eigenvalue weighted by molar-refractivity contribution is -0.116. The van der Waals surface area contributed by atoms with E-state index < -0.39 is 0 Å². The predicted octanol–water partition coefficient (Wildman–Crippen LogP) is 2.60. The molecule has 0 fully saturated rings. The smallest absolute Gasteiger partial charge is 0.338 e. The number of hydrogen-bond donors (Lipinski definition) is 1. The van der Waals surface area contributed by atoms with Crippen LogP contribution in [0.15, 0.2) is 24.3 Å². The molecule has 1 N–H and O–H groups in total. The second-order valence-electron chi connectivity index (χ2n) is 4.28. The number of carbonyl (C=O) groups is 2. The lowest BCUT2D eigenvalue weighted by atomic mass is 10.2. The van der Waals surface area contributed by atoms with Gasteiger partial charge in [0.2, 0.25) is 5.91 Å². The number of nitrogens with one attached hydrogen (secondary N) is 1. The van der Waals surface area contributed by atoms with Crippen LogP contribution in [0.25, 0.3) is 0 Å². The highest BCUT2D eigenvalue weighted by Gasteiger charge is 2.09. The van der Waals surface area contributed by atoms with Crippen molar-refractivity contribution in [1.82, 2.24) is 0 Å². The summed E-state index contributed by atoms with van der Waals surface area (Å²) in [6.45, 7) is 3.58. The van der Waals surface area contributed by atoms with Crippen molar-refractivity contribution in [1.29, 1.82) is 0 Å². The first-order valence-electron chi connectivity index (χ1n) is 6.07. The Morgan fingerprint density at radius 2 is 1.95 bits per heavy atom. The highest BCUT2D eigenvalue weighted by atomic mass is 16.5. The molecule has 4 nitrogen and oxygen atoms in total. The molecule has 0 aliphatic heterocycles. The van der Waals surface area contributed by atoms with E-state index in [1.54, 1.807) is 38.1 Å². The maximum atomic E-state index is 11.6. The molecule has 0 aromatic heterocycles. The van der Waals surface area contributed by atoms with Gasteiger partial charge in [0.1, 0.15) is 0 Å². The van der Waals surface area contributed by atoms with Gasteiger partial charge < -0.3 is 10.1 Å². The molecule has 0 saturated carbocycles. The van der Waals surface area contributed by atoms with Gasteiger partial charge in [-0.1, -0.05) is 0 Å². The topological polar surface area (TPSA) is 55.4 Å². The maximum absolute atomic E-state index is 11.6. The summed E-state index contributed by atoms with van der Waals surface area (Å²) in [6.07, 6.45) is 5.62. The molecular weight excluding hydrogens is 242 g/mol. The monoisotopic (exact) mass is 259 g/mol. The number of hydrogen-bond acceptors (Lipinski definition) is 3. The van der Waals surface area contributed by atoms with E-state index in [1.807, 2.05) is 0 Å². The van der Waals surface area contributed by atoms with Crippen molar-refractivity contribution in [2.45, 2.75) is 32.8 Å². The largest absolute Gasteiger partial charge is 0.459 e. The van der Waals surface area contributed by atoms with Gasteiger partial charge in [-0.2, -0.15) is 0 Å². The van der Waals surface area contributed by atoms with Crippen molar-refractivity contribution >= 4 is 17.6 Å². The van der Waals surface area contributed by atoms with Crippen molar-refractivity contribution in [2.24, 2.45) is 0 Å². The Morgan fingerprint density at radius 3 is 2.47 bits per heavy atom. The van der Waals surface area contributed by atoms with E-state index in [9.17, 15) is 9.59 Å². The van der Waals surface area contributed by atoms with Crippen molar-refractivity contribution in [3.63, 3.8) is 0 Å². The SMILES string of the molecule is C#CCCC(=O)Nc1ccc(C(=O)OC(C)C)cc1. The molecule has 0 unspecified atom stereocenters. The van der Waals surface area contributed by atoms with Crippen molar-refractivity contribution in [2.75, 3.05) is 5.32 Å². The second-order valence-corrected chi connectivity index (χ2v) is 4.28. The molecule has 1 aromatic rings. The van der Waals surface area contributed by atoms with E-state index in [0.717, 1.165) is 0 Å². The Hall–Kier alpha value is -2.28. The molecule has 0 radical (unpaired) electrons. The van der Waals surface area contributed by atoms with Crippen LogP contribution in [0.5, 0.6) is 0 Å². The molecule has 19 heavy (non-hydrogen) atoms. The molecule has 0 saturated heterocycles. The molecule has 0 spiro atoms. The van der Waals surface area contributed by atoms with Gasteiger partial charge >= 0.3 is 5.97 Å². The summed E-state index contributed by atoms with van der Waals surface area (Å²) in [5.41, 5.74) is 1.08. The minimum Gasteiger partial charge on any atom is -0.459 e. The van der Waals surface area contributed by atoms with Gasteiger partial charge in [0, 0.05) is 18.5 Å². The number of terminal acetylenes is 1. The zero-order valence-corrected chi connectivity index (χ0v) is 11.1. The second kappa shape index (κ2) is 7.22. The fourth-order valence-corrected chi connectivity index (χ4v) is 1.38. The Morgan fingerprint density at radius 1 is 1.32 bits per heavy atom. The molecule has 1 rings (SSSR count). The lowest BCUT2D eigenvalue weighted by Gasteiger charge is -2.08.